The van der Waals surface area contributed by atoms with Crippen LogP contribution in [0.15, 0.2) is 70.3 Å². The van der Waals surface area contributed by atoms with Crippen LogP contribution in [0.2, 0.25) is 0 Å². The van der Waals surface area contributed by atoms with Crippen molar-refractivity contribution in [2.24, 2.45) is 0 Å². The van der Waals surface area contributed by atoms with Crippen molar-refractivity contribution in [2.45, 2.75) is 33.1 Å². The van der Waals surface area contributed by atoms with E-state index in [9.17, 15) is 14.8 Å². The van der Waals surface area contributed by atoms with Gasteiger partial charge in [0.15, 0.2) is 0 Å². The highest BCUT2D eigenvalue weighted by molar-refractivity contribution is 5.63. The molecule has 3 rings (SSSR count). The van der Waals surface area contributed by atoms with Gasteiger partial charge >= 0.3 is 5.69 Å². The van der Waals surface area contributed by atoms with Gasteiger partial charge in [-0.3, -0.25) is 9.36 Å². The summed E-state index contributed by atoms with van der Waals surface area (Å²) in [6, 6.07) is 18.8. The van der Waals surface area contributed by atoms with E-state index in [4.69, 9.17) is 4.74 Å². The topological polar surface area (TPSA) is 73.5 Å². The highest BCUT2D eigenvalue weighted by Crippen LogP contribution is 2.25. The van der Waals surface area contributed by atoms with Gasteiger partial charge in [0.25, 0.3) is 5.56 Å². The van der Waals surface area contributed by atoms with Crippen molar-refractivity contribution >= 4 is 0 Å². The van der Waals surface area contributed by atoms with Crippen molar-refractivity contribution in [3.63, 3.8) is 0 Å². The predicted molar refractivity (Wildman–Crippen MR) is 103 cm³/mol. The minimum absolute atomic E-state index is 0.0848. The molecular weight excluding hydrogens is 344 g/mol. The molecule has 6 heteroatoms. The molecule has 0 unspecified atom stereocenters. The fourth-order valence-corrected chi connectivity index (χ4v) is 3.03. The number of rotatable bonds is 6. The normalized spacial score (nSPS) is 11.1. The van der Waals surface area contributed by atoms with E-state index in [-0.39, 0.29) is 17.4 Å². The van der Waals surface area contributed by atoms with Gasteiger partial charge in [-0.1, -0.05) is 79.2 Å². The van der Waals surface area contributed by atoms with E-state index < -0.39 is 11.2 Å². The van der Waals surface area contributed by atoms with Gasteiger partial charge in [0.1, 0.15) is 6.73 Å². The molecule has 0 amide bonds. The van der Waals surface area contributed by atoms with E-state index in [1.807, 2.05) is 74.5 Å². The van der Waals surface area contributed by atoms with Crippen molar-refractivity contribution in [3.05, 3.63) is 92.6 Å². The first-order valence-electron chi connectivity index (χ1n) is 8.76. The number of hydrogen-bond donors (Lipinski definition) is 1. The molecule has 1 heterocycles. The molecular formula is C21H22N2O4. The third-order valence-electron chi connectivity index (χ3n) is 4.32. The molecule has 0 aliphatic rings. The van der Waals surface area contributed by atoms with Crippen LogP contribution in [-0.2, 0) is 18.1 Å². The summed E-state index contributed by atoms with van der Waals surface area (Å²) in [5, 5.41) is 10.0. The van der Waals surface area contributed by atoms with Gasteiger partial charge < -0.3 is 9.94 Å². The predicted octanol–water partition coefficient (Wildman–Crippen LogP) is 3.21. The van der Waals surface area contributed by atoms with Crippen LogP contribution in [0.4, 0.5) is 0 Å². The molecule has 0 aliphatic heterocycles. The molecule has 0 spiro atoms. The van der Waals surface area contributed by atoms with Crippen molar-refractivity contribution in [1.82, 2.24) is 9.30 Å². The van der Waals surface area contributed by atoms with Crippen LogP contribution >= 0.6 is 0 Å². The Kier molecular flexibility index (Phi) is 5.57. The second-order valence-corrected chi connectivity index (χ2v) is 6.57. The summed E-state index contributed by atoms with van der Waals surface area (Å²) >= 11 is 0. The minimum atomic E-state index is -0.823. The second-order valence-electron chi connectivity index (χ2n) is 6.57. The summed E-state index contributed by atoms with van der Waals surface area (Å²) in [6.45, 7) is 3.92. The fraction of sp³-hybridized carbons (Fsp3) is 0.238. The Labute approximate surface area is 156 Å². The molecule has 1 aromatic heterocycles. The minimum Gasteiger partial charge on any atom is -0.421 e. The molecule has 0 saturated carbocycles. The Morgan fingerprint density at radius 3 is 2.15 bits per heavy atom. The lowest BCUT2D eigenvalue weighted by Crippen LogP contribution is -2.42. The lowest BCUT2D eigenvalue weighted by molar-refractivity contribution is 0.0531. The van der Waals surface area contributed by atoms with Gasteiger partial charge in [0.05, 0.1) is 12.3 Å². The van der Waals surface area contributed by atoms with E-state index in [0.29, 0.717) is 17.9 Å². The van der Waals surface area contributed by atoms with Crippen LogP contribution in [0, 0.1) is 0 Å². The van der Waals surface area contributed by atoms with E-state index in [2.05, 4.69) is 0 Å². The van der Waals surface area contributed by atoms with Gasteiger partial charge in [-0.15, -0.1) is 0 Å². The van der Waals surface area contributed by atoms with E-state index in [1.165, 1.54) is 4.57 Å². The maximum absolute atomic E-state index is 12.6. The summed E-state index contributed by atoms with van der Waals surface area (Å²) in [7, 11) is 0. The number of nitrogens with zero attached hydrogens (tertiary/aromatic N) is 2. The molecule has 3 aromatic rings. The zero-order valence-corrected chi connectivity index (χ0v) is 15.3. The molecule has 6 nitrogen and oxygen atoms in total. The van der Waals surface area contributed by atoms with Crippen LogP contribution in [0.1, 0.15) is 30.9 Å². The lowest BCUT2D eigenvalue weighted by atomic mass is 9.98. The summed E-state index contributed by atoms with van der Waals surface area (Å²) in [5.74, 6) is -0.188. The summed E-state index contributed by atoms with van der Waals surface area (Å²) in [4.78, 5) is 25.1. The number of hydrogen-bond acceptors (Lipinski definition) is 4. The summed E-state index contributed by atoms with van der Waals surface area (Å²) in [6.07, 6.45) is 0. The Bertz CT molecular complexity index is 1020. The average molecular weight is 366 g/mol. The van der Waals surface area contributed by atoms with Gasteiger partial charge in [0, 0.05) is 5.56 Å². The Morgan fingerprint density at radius 1 is 0.963 bits per heavy atom. The Morgan fingerprint density at radius 2 is 1.56 bits per heavy atom. The molecule has 0 bridgehead atoms. The van der Waals surface area contributed by atoms with Crippen LogP contribution in [0.25, 0.3) is 11.3 Å². The van der Waals surface area contributed by atoms with Crippen LogP contribution in [0.3, 0.4) is 0 Å². The van der Waals surface area contributed by atoms with Gasteiger partial charge in [-0.2, -0.15) is 0 Å². The first kappa shape index (κ1) is 18.7. The van der Waals surface area contributed by atoms with Crippen molar-refractivity contribution in [3.8, 4) is 11.3 Å². The van der Waals surface area contributed by atoms with Crippen molar-refractivity contribution < 1.29 is 9.94 Å². The van der Waals surface area contributed by atoms with Gasteiger partial charge in [-0.25, -0.2) is 4.79 Å². The monoisotopic (exact) mass is 366 g/mol. The highest BCUT2D eigenvalue weighted by Gasteiger charge is 2.22. The molecule has 27 heavy (non-hydrogen) atoms. The number of benzene rings is 2. The first-order chi connectivity index (χ1) is 13.0. The van der Waals surface area contributed by atoms with Gasteiger partial charge in [-0.05, 0) is 17.0 Å². The molecule has 0 radical (unpaired) electrons. The van der Waals surface area contributed by atoms with Crippen molar-refractivity contribution in [1.29, 1.82) is 0 Å². The Balaban J connectivity index is 2.08. The standard InChI is InChI=1S/C21H22N2O4/c1-15(2)18-19(17-11-7-4-8-12-17)22(21(25)23(26)20(18)24)14-27-13-16-9-5-3-6-10-16/h3-12,15,26H,13-14H2,1-2H3. The van der Waals surface area contributed by atoms with Crippen LogP contribution < -0.4 is 11.2 Å². The van der Waals surface area contributed by atoms with E-state index >= 15 is 0 Å². The fourth-order valence-electron chi connectivity index (χ4n) is 3.03. The zero-order chi connectivity index (χ0) is 19.4. The third kappa shape index (κ3) is 3.85. The summed E-state index contributed by atoms with van der Waals surface area (Å²) in [5.41, 5.74) is 1.00. The Hall–Kier alpha value is -3.12. The molecule has 0 atom stereocenters. The SMILES string of the molecule is CC(C)c1c(-c2ccccc2)n(COCc2ccccc2)c(=O)n(O)c1=O. The quantitative estimate of drug-likeness (QED) is 0.680. The maximum Gasteiger partial charge on any atom is 0.366 e. The molecule has 1 N–H and O–H groups in total. The zero-order valence-electron chi connectivity index (χ0n) is 15.3. The molecule has 0 fully saturated rings. The molecule has 2 aromatic carbocycles. The molecule has 0 saturated heterocycles. The maximum atomic E-state index is 12.6. The van der Waals surface area contributed by atoms with E-state index in [0.717, 1.165) is 11.1 Å². The number of aromatic nitrogens is 2. The smallest absolute Gasteiger partial charge is 0.366 e. The molecule has 140 valence electrons. The lowest BCUT2D eigenvalue weighted by Gasteiger charge is -2.19. The van der Waals surface area contributed by atoms with Gasteiger partial charge in [0.2, 0.25) is 0 Å². The average Bonchev–Trinajstić information content (AvgIpc) is 2.68. The third-order valence-corrected chi connectivity index (χ3v) is 4.32. The highest BCUT2D eigenvalue weighted by atomic mass is 16.5. The largest absolute Gasteiger partial charge is 0.421 e. The first-order valence-corrected chi connectivity index (χ1v) is 8.76. The number of ether oxygens (including phenoxy) is 1. The van der Waals surface area contributed by atoms with E-state index in [1.54, 1.807) is 0 Å². The van der Waals surface area contributed by atoms with Crippen LogP contribution in [-0.4, -0.2) is 14.5 Å². The molecule has 0 aliphatic carbocycles. The van der Waals surface area contributed by atoms with Crippen LogP contribution in [0.5, 0.6) is 0 Å². The summed E-state index contributed by atoms with van der Waals surface area (Å²) < 4.78 is 7.18. The second kappa shape index (κ2) is 8.05. The van der Waals surface area contributed by atoms with Crippen molar-refractivity contribution in [2.75, 3.05) is 0 Å².